The topological polar surface area (TPSA) is 60.9 Å². The Labute approximate surface area is 170 Å². The van der Waals surface area contributed by atoms with Crippen molar-refractivity contribution in [2.45, 2.75) is 13.1 Å². The molecule has 6 heteroatoms. The highest BCUT2D eigenvalue weighted by Crippen LogP contribution is 2.29. The normalized spacial score (nSPS) is 10.3. The Kier molecular flexibility index (Phi) is 6.68. The van der Waals surface area contributed by atoms with Gasteiger partial charge in [-0.3, -0.25) is 9.78 Å². The van der Waals surface area contributed by atoms with Crippen LogP contribution in [0.25, 0.3) is 0 Å². The maximum atomic E-state index is 13.4. The highest BCUT2D eigenvalue weighted by Gasteiger charge is 2.20. The van der Waals surface area contributed by atoms with Crippen LogP contribution in [0.2, 0.25) is 0 Å². The average Bonchev–Trinajstić information content (AvgIpc) is 2.78. The quantitative estimate of drug-likeness (QED) is 0.581. The maximum Gasteiger partial charge on any atom is 0.258 e. The summed E-state index contributed by atoms with van der Waals surface area (Å²) in [5, 5.41) is 0. The summed E-state index contributed by atoms with van der Waals surface area (Å²) in [5.41, 5.74) is 2.44. The van der Waals surface area contributed by atoms with Crippen LogP contribution in [0, 0.1) is 0 Å². The van der Waals surface area contributed by atoms with E-state index >= 15 is 0 Å². The van der Waals surface area contributed by atoms with Gasteiger partial charge in [0.2, 0.25) is 0 Å². The number of amides is 1. The molecule has 0 fully saturated rings. The summed E-state index contributed by atoms with van der Waals surface area (Å²) in [6.07, 6.45) is 3.44. The molecule has 1 aromatic heterocycles. The molecule has 0 saturated heterocycles. The van der Waals surface area contributed by atoms with E-state index in [9.17, 15) is 4.79 Å². The third-order valence-electron chi connectivity index (χ3n) is 4.57. The van der Waals surface area contributed by atoms with Gasteiger partial charge in [0, 0.05) is 25.5 Å². The van der Waals surface area contributed by atoms with Crippen LogP contribution >= 0.6 is 0 Å². The van der Waals surface area contributed by atoms with E-state index in [1.54, 1.807) is 50.8 Å². The zero-order valence-electron chi connectivity index (χ0n) is 16.8. The minimum Gasteiger partial charge on any atom is -0.496 e. The van der Waals surface area contributed by atoms with Crippen LogP contribution in [0.5, 0.6) is 17.2 Å². The molecule has 0 N–H and O–H groups in total. The van der Waals surface area contributed by atoms with Crippen LogP contribution < -0.4 is 14.2 Å². The number of nitrogens with zero attached hydrogens (tertiary/aromatic N) is 2. The molecule has 3 aromatic rings. The van der Waals surface area contributed by atoms with E-state index in [0.717, 1.165) is 11.1 Å². The number of aromatic nitrogens is 1. The van der Waals surface area contributed by atoms with Gasteiger partial charge in [-0.25, -0.2) is 0 Å². The maximum absolute atomic E-state index is 13.4. The van der Waals surface area contributed by atoms with Crippen molar-refractivity contribution in [3.05, 3.63) is 83.7 Å². The van der Waals surface area contributed by atoms with Crippen LogP contribution in [-0.2, 0) is 13.1 Å². The number of methoxy groups -OCH3 is 3. The van der Waals surface area contributed by atoms with Crippen molar-refractivity contribution in [1.29, 1.82) is 0 Å². The van der Waals surface area contributed by atoms with Gasteiger partial charge >= 0.3 is 0 Å². The Morgan fingerprint density at radius 2 is 1.45 bits per heavy atom. The summed E-state index contributed by atoms with van der Waals surface area (Å²) in [5.74, 6) is 1.70. The fraction of sp³-hybridized carbons (Fsp3) is 0.217. The number of carbonyl (C=O) groups excluding carboxylic acids is 1. The van der Waals surface area contributed by atoms with Crippen LogP contribution in [-0.4, -0.2) is 37.1 Å². The molecular formula is C23H24N2O4. The minimum atomic E-state index is -0.117. The molecule has 0 bridgehead atoms. The molecule has 2 aromatic carbocycles. The summed E-state index contributed by atoms with van der Waals surface area (Å²) >= 11 is 0. The standard InChI is InChI=1S/C23H24N2O4/c1-27-20-7-5-4-6-19(20)23(26)25(15-17-10-12-24-13-11-17)16-18-8-9-21(28-2)22(14-18)29-3/h4-14H,15-16H2,1-3H3. The van der Waals surface area contributed by atoms with Crippen molar-refractivity contribution >= 4 is 5.91 Å². The van der Waals surface area contributed by atoms with Gasteiger partial charge < -0.3 is 19.1 Å². The molecule has 0 aliphatic heterocycles. The van der Waals surface area contributed by atoms with Gasteiger partial charge in [-0.2, -0.15) is 0 Å². The number of benzene rings is 2. The van der Waals surface area contributed by atoms with Crippen LogP contribution in [0.1, 0.15) is 21.5 Å². The van der Waals surface area contributed by atoms with Gasteiger partial charge in [-0.1, -0.05) is 18.2 Å². The summed E-state index contributed by atoms with van der Waals surface area (Å²) < 4.78 is 16.1. The fourth-order valence-electron chi connectivity index (χ4n) is 3.10. The Hall–Kier alpha value is -3.54. The van der Waals surface area contributed by atoms with Gasteiger partial charge in [0.1, 0.15) is 5.75 Å². The fourth-order valence-corrected chi connectivity index (χ4v) is 3.10. The third kappa shape index (κ3) is 4.85. The van der Waals surface area contributed by atoms with Gasteiger partial charge in [-0.15, -0.1) is 0 Å². The molecule has 0 unspecified atom stereocenters. The van der Waals surface area contributed by atoms with E-state index in [1.807, 2.05) is 42.5 Å². The van der Waals surface area contributed by atoms with Crippen molar-refractivity contribution in [3.8, 4) is 17.2 Å². The van der Waals surface area contributed by atoms with Gasteiger partial charge in [0.25, 0.3) is 5.91 Å². The van der Waals surface area contributed by atoms with Crippen LogP contribution in [0.3, 0.4) is 0 Å². The number of carbonyl (C=O) groups is 1. The van der Waals surface area contributed by atoms with Gasteiger partial charge in [-0.05, 0) is 47.5 Å². The van der Waals surface area contributed by atoms with E-state index in [1.165, 1.54) is 0 Å². The Bertz CT molecular complexity index is 960. The first-order chi connectivity index (χ1) is 14.2. The van der Waals surface area contributed by atoms with Gasteiger partial charge in [0.15, 0.2) is 11.5 Å². The lowest BCUT2D eigenvalue weighted by molar-refractivity contribution is 0.0726. The van der Waals surface area contributed by atoms with Gasteiger partial charge in [0.05, 0.1) is 26.9 Å². The van der Waals surface area contributed by atoms with Crippen molar-refractivity contribution in [1.82, 2.24) is 9.88 Å². The van der Waals surface area contributed by atoms with E-state index in [4.69, 9.17) is 14.2 Å². The van der Waals surface area contributed by atoms with Crippen LogP contribution in [0.15, 0.2) is 67.0 Å². The highest BCUT2D eigenvalue weighted by atomic mass is 16.5. The first kappa shape index (κ1) is 20.2. The predicted molar refractivity (Wildman–Crippen MR) is 110 cm³/mol. The molecule has 0 spiro atoms. The lowest BCUT2D eigenvalue weighted by Gasteiger charge is -2.24. The zero-order chi connectivity index (χ0) is 20.6. The second-order valence-electron chi connectivity index (χ2n) is 6.41. The van der Waals surface area contributed by atoms with E-state index in [-0.39, 0.29) is 5.91 Å². The van der Waals surface area contributed by atoms with E-state index in [0.29, 0.717) is 35.9 Å². The number of rotatable bonds is 8. The van der Waals surface area contributed by atoms with E-state index in [2.05, 4.69) is 4.98 Å². The molecule has 0 atom stereocenters. The number of hydrogen-bond donors (Lipinski definition) is 0. The highest BCUT2D eigenvalue weighted by molar-refractivity contribution is 5.96. The smallest absolute Gasteiger partial charge is 0.258 e. The summed E-state index contributed by atoms with van der Waals surface area (Å²) in [4.78, 5) is 19.2. The third-order valence-corrected chi connectivity index (χ3v) is 4.57. The van der Waals surface area contributed by atoms with Crippen molar-refractivity contribution in [2.75, 3.05) is 21.3 Å². The lowest BCUT2D eigenvalue weighted by atomic mass is 10.1. The second-order valence-corrected chi connectivity index (χ2v) is 6.41. The average molecular weight is 392 g/mol. The SMILES string of the molecule is COc1ccc(CN(Cc2ccncc2)C(=O)c2ccccc2OC)cc1OC. The Balaban J connectivity index is 1.94. The van der Waals surface area contributed by atoms with E-state index < -0.39 is 0 Å². The molecule has 150 valence electrons. The Morgan fingerprint density at radius 3 is 2.14 bits per heavy atom. The number of ether oxygens (including phenoxy) is 3. The summed E-state index contributed by atoms with van der Waals surface area (Å²) in [6.45, 7) is 0.841. The summed E-state index contributed by atoms with van der Waals surface area (Å²) in [6, 6.07) is 16.7. The molecular weight excluding hydrogens is 368 g/mol. The lowest BCUT2D eigenvalue weighted by Crippen LogP contribution is -2.30. The molecule has 1 heterocycles. The summed E-state index contributed by atoms with van der Waals surface area (Å²) in [7, 11) is 4.75. The Morgan fingerprint density at radius 1 is 0.793 bits per heavy atom. The molecule has 0 saturated carbocycles. The second kappa shape index (κ2) is 9.59. The number of para-hydroxylation sites is 1. The molecule has 0 aliphatic rings. The zero-order valence-corrected chi connectivity index (χ0v) is 16.8. The molecule has 1 amide bonds. The molecule has 29 heavy (non-hydrogen) atoms. The van der Waals surface area contributed by atoms with Crippen molar-refractivity contribution < 1.29 is 19.0 Å². The number of pyridine rings is 1. The monoisotopic (exact) mass is 392 g/mol. The van der Waals surface area contributed by atoms with Crippen molar-refractivity contribution in [2.24, 2.45) is 0 Å². The largest absolute Gasteiger partial charge is 0.496 e. The van der Waals surface area contributed by atoms with Crippen molar-refractivity contribution in [3.63, 3.8) is 0 Å². The first-order valence-electron chi connectivity index (χ1n) is 9.18. The molecule has 3 rings (SSSR count). The molecule has 6 nitrogen and oxygen atoms in total. The molecule has 0 aliphatic carbocycles. The predicted octanol–water partition coefficient (Wildman–Crippen LogP) is 3.95. The minimum absolute atomic E-state index is 0.117. The first-order valence-corrected chi connectivity index (χ1v) is 9.18. The molecule has 0 radical (unpaired) electrons. The van der Waals surface area contributed by atoms with Crippen LogP contribution in [0.4, 0.5) is 0 Å². The number of hydrogen-bond acceptors (Lipinski definition) is 5.